The van der Waals surface area contributed by atoms with Gasteiger partial charge in [0.2, 0.25) is 5.69 Å². The number of piperidine rings is 1. The van der Waals surface area contributed by atoms with Gasteiger partial charge in [0.05, 0.1) is 11.0 Å². The number of fused-ring (bicyclic) bond motifs is 3. The van der Waals surface area contributed by atoms with Gasteiger partial charge in [0.15, 0.2) is 17.3 Å². The first-order valence-electron chi connectivity index (χ1n) is 10.6. The van der Waals surface area contributed by atoms with Gasteiger partial charge in [-0.1, -0.05) is 30.7 Å². The summed E-state index contributed by atoms with van der Waals surface area (Å²) in [6.45, 7) is 6.08. The molecule has 2 aliphatic heterocycles. The first-order chi connectivity index (χ1) is 13.9. The lowest BCUT2D eigenvalue weighted by Crippen LogP contribution is -2.58. The molecule has 3 aliphatic rings. The number of carbonyl (C=O) groups excluding carboxylic acids is 2. The largest absolute Gasteiger partial charge is 0.292 e. The van der Waals surface area contributed by atoms with Crippen molar-refractivity contribution in [2.45, 2.75) is 44.6 Å². The summed E-state index contributed by atoms with van der Waals surface area (Å²) in [5.74, 6) is -0.0103. The SMILES string of the molecule is C[N+]1=C(C=C2C(=O)C(N3CCCCC3)C2=O)C(C)(C)c2c1ccc1ccccc21. The number of carbonyl (C=O) groups is 2. The Hall–Kier alpha value is -2.59. The average Bonchev–Trinajstić information content (AvgIpc) is 2.92. The fraction of sp³-hybridized carbons (Fsp3) is 0.400. The summed E-state index contributed by atoms with van der Waals surface area (Å²) >= 11 is 0. The van der Waals surface area contributed by atoms with Crippen molar-refractivity contribution in [3.8, 4) is 0 Å². The lowest BCUT2D eigenvalue weighted by molar-refractivity contribution is -0.401. The van der Waals surface area contributed by atoms with Crippen LogP contribution in [-0.2, 0) is 15.0 Å². The van der Waals surface area contributed by atoms with Crippen molar-refractivity contribution < 1.29 is 14.2 Å². The predicted molar refractivity (Wildman–Crippen MR) is 115 cm³/mol. The summed E-state index contributed by atoms with van der Waals surface area (Å²) < 4.78 is 2.14. The van der Waals surface area contributed by atoms with Crippen molar-refractivity contribution in [3.63, 3.8) is 0 Å². The van der Waals surface area contributed by atoms with Crippen LogP contribution in [0.5, 0.6) is 0 Å². The zero-order chi connectivity index (χ0) is 20.3. The van der Waals surface area contributed by atoms with E-state index in [2.05, 4.69) is 59.7 Å². The van der Waals surface area contributed by atoms with Crippen molar-refractivity contribution >= 4 is 33.7 Å². The van der Waals surface area contributed by atoms with Gasteiger partial charge in [-0.05, 0) is 56.6 Å². The van der Waals surface area contributed by atoms with Gasteiger partial charge < -0.3 is 0 Å². The highest BCUT2D eigenvalue weighted by Crippen LogP contribution is 2.44. The molecule has 0 bridgehead atoms. The van der Waals surface area contributed by atoms with E-state index < -0.39 is 6.04 Å². The van der Waals surface area contributed by atoms with Crippen molar-refractivity contribution in [1.29, 1.82) is 0 Å². The summed E-state index contributed by atoms with van der Waals surface area (Å²) in [6, 6.07) is 12.2. The monoisotopic (exact) mass is 387 g/mol. The third-order valence-corrected chi connectivity index (χ3v) is 6.96. The number of likely N-dealkylation sites (tertiary alicyclic amines) is 1. The molecule has 2 fully saturated rings. The molecule has 4 heteroatoms. The number of nitrogens with zero attached hydrogens (tertiary/aromatic N) is 2. The van der Waals surface area contributed by atoms with E-state index >= 15 is 0 Å². The Labute approximate surface area is 171 Å². The van der Waals surface area contributed by atoms with Crippen LogP contribution < -0.4 is 0 Å². The molecular formula is C25H27N2O2+. The molecule has 0 atom stereocenters. The smallest absolute Gasteiger partial charge is 0.210 e. The van der Waals surface area contributed by atoms with Crippen LogP contribution in [0.2, 0.25) is 0 Å². The molecule has 2 aromatic carbocycles. The highest BCUT2D eigenvalue weighted by atomic mass is 16.2. The van der Waals surface area contributed by atoms with Crippen LogP contribution >= 0.6 is 0 Å². The third-order valence-electron chi connectivity index (χ3n) is 6.96. The van der Waals surface area contributed by atoms with Gasteiger partial charge in [-0.2, -0.15) is 4.58 Å². The Kier molecular flexibility index (Phi) is 4.11. The Morgan fingerprint density at radius 3 is 2.41 bits per heavy atom. The molecular weight excluding hydrogens is 360 g/mol. The van der Waals surface area contributed by atoms with E-state index in [1.165, 1.54) is 22.8 Å². The summed E-state index contributed by atoms with van der Waals surface area (Å²) in [5, 5.41) is 2.44. The minimum Gasteiger partial charge on any atom is -0.292 e. The highest BCUT2D eigenvalue weighted by Gasteiger charge is 2.51. The molecule has 1 saturated heterocycles. The van der Waals surface area contributed by atoms with E-state index in [-0.39, 0.29) is 17.0 Å². The number of allylic oxidation sites excluding steroid dienone is 1. The summed E-state index contributed by atoms with van der Waals surface area (Å²) in [4.78, 5) is 27.9. The number of Topliss-reactive ketones (excluding diaryl/α,β-unsaturated/α-hetero) is 2. The molecule has 0 amide bonds. The number of hydrogen-bond donors (Lipinski definition) is 0. The first-order valence-corrected chi connectivity index (χ1v) is 10.6. The fourth-order valence-electron chi connectivity index (χ4n) is 5.40. The van der Waals surface area contributed by atoms with E-state index in [0.29, 0.717) is 5.57 Å². The second-order valence-electron chi connectivity index (χ2n) is 9.04. The van der Waals surface area contributed by atoms with Gasteiger partial charge >= 0.3 is 0 Å². The van der Waals surface area contributed by atoms with Crippen molar-refractivity contribution in [1.82, 2.24) is 4.90 Å². The zero-order valence-electron chi connectivity index (χ0n) is 17.4. The lowest BCUT2D eigenvalue weighted by Gasteiger charge is -2.38. The van der Waals surface area contributed by atoms with Gasteiger partial charge in [0.25, 0.3) is 0 Å². The molecule has 0 spiro atoms. The number of benzene rings is 2. The third kappa shape index (κ3) is 2.58. The Balaban J connectivity index is 1.53. The molecule has 0 aromatic heterocycles. The lowest BCUT2D eigenvalue weighted by atomic mass is 9.75. The van der Waals surface area contributed by atoms with Gasteiger partial charge in [-0.15, -0.1) is 0 Å². The molecule has 4 nitrogen and oxygen atoms in total. The van der Waals surface area contributed by atoms with Gasteiger partial charge in [-0.25, -0.2) is 0 Å². The first kappa shape index (κ1) is 18.4. The quantitative estimate of drug-likeness (QED) is 0.341. The van der Waals surface area contributed by atoms with E-state index in [1.54, 1.807) is 0 Å². The summed E-state index contributed by atoms with van der Waals surface area (Å²) in [7, 11) is 2.03. The molecule has 29 heavy (non-hydrogen) atoms. The van der Waals surface area contributed by atoms with Crippen molar-refractivity contribution in [3.05, 3.63) is 53.6 Å². The Morgan fingerprint density at radius 2 is 1.69 bits per heavy atom. The van der Waals surface area contributed by atoms with Crippen molar-refractivity contribution in [2.75, 3.05) is 20.1 Å². The molecule has 5 rings (SSSR count). The van der Waals surface area contributed by atoms with Crippen LogP contribution in [-0.4, -0.2) is 52.9 Å². The van der Waals surface area contributed by atoms with E-state index in [0.717, 1.165) is 37.3 Å². The molecule has 0 radical (unpaired) electrons. The Morgan fingerprint density at radius 1 is 1.00 bits per heavy atom. The second kappa shape index (κ2) is 6.46. The topological polar surface area (TPSA) is 40.4 Å². The number of ketones is 2. The van der Waals surface area contributed by atoms with Gasteiger partial charge in [-0.3, -0.25) is 14.5 Å². The maximum absolute atomic E-state index is 12.9. The van der Waals surface area contributed by atoms with Gasteiger partial charge in [0, 0.05) is 17.7 Å². The molecule has 1 saturated carbocycles. The molecule has 148 valence electrons. The Bertz CT molecular complexity index is 1100. The van der Waals surface area contributed by atoms with Crippen LogP contribution in [0.3, 0.4) is 0 Å². The molecule has 1 aliphatic carbocycles. The van der Waals surface area contributed by atoms with E-state index in [9.17, 15) is 9.59 Å². The molecule has 2 heterocycles. The number of hydrogen-bond acceptors (Lipinski definition) is 3. The molecule has 0 N–H and O–H groups in total. The average molecular weight is 388 g/mol. The zero-order valence-corrected chi connectivity index (χ0v) is 17.4. The second-order valence-corrected chi connectivity index (χ2v) is 9.04. The van der Waals surface area contributed by atoms with Gasteiger partial charge in [0.1, 0.15) is 13.1 Å². The number of rotatable bonds is 2. The maximum atomic E-state index is 12.9. The maximum Gasteiger partial charge on any atom is 0.210 e. The van der Waals surface area contributed by atoms with E-state index in [4.69, 9.17) is 0 Å². The molecule has 2 aromatic rings. The molecule has 0 unspecified atom stereocenters. The van der Waals surface area contributed by atoms with E-state index in [1.807, 2.05) is 13.1 Å². The van der Waals surface area contributed by atoms with Crippen LogP contribution in [0.15, 0.2) is 48.0 Å². The van der Waals surface area contributed by atoms with Crippen LogP contribution in [0, 0.1) is 0 Å². The minimum atomic E-state index is -0.542. The predicted octanol–water partition coefficient (Wildman–Crippen LogP) is 3.78. The highest BCUT2D eigenvalue weighted by molar-refractivity contribution is 6.43. The van der Waals surface area contributed by atoms with Crippen molar-refractivity contribution in [2.24, 2.45) is 0 Å². The summed E-state index contributed by atoms with van der Waals surface area (Å²) in [5.41, 5.74) is 3.50. The minimum absolute atomic E-state index is 0.00517. The van der Waals surface area contributed by atoms with Crippen LogP contribution in [0.25, 0.3) is 10.8 Å². The fourth-order valence-corrected chi connectivity index (χ4v) is 5.40. The standard InChI is InChI=1S/C25H27N2O2/c1-25(2)20(15-18-23(28)22(24(18)29)27-13-7-4-8-14-27)26(3)19-12-11-16-9-5-6-10-17(16)21(19)25/h5-6,9-12,15,22H,4,7-8,13-14H2,1-3H3/q+1. The van der Waals surface area contributed by atoms with Crippen LogP contribution in [0.4, 0.5) is 5.69 Å². The summed E-state index contributed by atoms with van der Waals surface area (Å²) in [6.07, 6.45) is 5.20. The normalized spacial score (nSPS) is 24.1. The van der Waals surface area contributed by atoms with Crippen LogP contribution in [0.1, 0.15) is 38.7 Å².